The molecule has 0 amide bonds. The minimum atomic E-state index is 0.0387. The number of benzene rings is 1. The number of halogens is 1. The van der Waals surface area contributed by atoms with Gasteiger partial charge in [-0.15, -0.1) is 5.11 Å². The normalized spacial score (nSPS) is 11.3. The van der Waals surface area contributed by atoms with Gasteiger partial charge >= 0.3 is 0 Å². The second kappa shape index (κ2) is 13.9. The highest BCUT2D eigenvalue weighted by Gasteiger charge is 2.04. The van der Waals surface area contributed by atoms with Crippen LogP contribution in [0.1, 0.15) is 6.42 Å². The van der Waals surface area contributed by atoms with E-state index in [-0.39, 0.29) is 13.2 Å². The molecule has 3 N–H and O–H groups in total. The van der Waals surface area contributed by atoms with Crippen LogP contribution in [0.5, 0.6) is 0 Å². The van der Waals surface area contributed by atoms with E-state index in [0.29, 0.717) is 18.1 Å². The predicted molar refractivity (Wildman–Crippen MR) is 110 cm³/mol. The van der Waals surface area contributed by atoms with Crippen LogP contribution in [0.15, 0.2) is 57.7 Å². The van der Waals surface area contributed by atoms with Gasteiger partial charge in [0.05, 0.1) is 18.9 Å². The Bertz CT molecular complexity index is 546. The summed E-state index contributed by atoms with van der Waals surface area (Å²) in [6.07, 6.45) is 2.94. The predicted octanol–water partition coefficient (Wildman–Crippen LogP) is 3.61. The van der Waals surface area contributed by atoms with Crippen LogP contribution in [0, 0.1) is 0 Å². The first-order chi connectivity index (χ1) is 12.2. The van der Waals surface area contributed by atoms with E-state index in [1.165, 1.54) is 11.8 Å². The molecule has 0 saturated heterocycles. The molecule has 0 bridgehead atoms. The summed E-state index contributed by atoms with van der Waals surface area (Å²) < 4.78 is 0. The number of aliphatic hydroxyl groups excluding tert-OH is 2. The lowest BCUT2D eigenvalue weighted by Gasteiger charge is -2.22. The van der Waals surface area contributed by atoms with E-state index in [1.807, 2.05) is 40.8 Å². The van der Waals surface area contributed by atoms with E-state index in [1.54, 1.807) is 0 Å². The standard InChI is InChI=1S/C17H25BrN4O2S/c1-15(25-14-9-19-8-2-7-18)20-21-16-3-5-17(6-4-16)22(10-12-23)11-13-24/h3-6,9,14,19,23-24H,1-2,7-8,10-13H2/b14-9-,21-20?. The van der Waals surface area contributed by atoms with Crippen LogP contribution in [-0.2, 0) is 0 Å². The second-order valence-corrected chi connectivity index (χ2v) is 6.73. The first-order valence-electron chi connectivity index (χ1n) is 7.99. The summed E-state index contributed by atoms with van der Waals surface area (Å²) in [4.78, 5) is 1.91. The molecule has 1 aromatic rings. The van der Waals surface area contributed by atoms with Gasteiger partial charge in [0.15, 0.2) is 0 Å². The SMILES string of the molecule is C=C(N=Nc1ccc(N(CCO)CCO)cc1)S/C=C\NCCCBr. The van der Waals surface area contributed by atoms with E-state index in [0.717, 1.165) is 29.7 Å². The Labute approximate surface area is 161 Å². The first-order valence-corrected chi connectivity index (χ1v) is 9.99. The van der Waals surface area contributed by atoms with Gasteiger partial charge in [-0.05, 0) is 36.1 Å². The lowest BCUT2D eigenvalue weighted by molar-refractivity contribution is 0.281. The molecule has 0 atom stereocenters. The smallest absolute Gasteiger partial charge is 0.116 e. The molecule has 1 rings (SSSR count). The molecule has 6 nitrogen and oxygen atoms in total. The molecule has 0 spiro atoms. The zero-order valence-electron chi connectivity index (χ0n) is 14.1. The summed E-state index contributed by atoms with van der Waals surface area (Å²) in [5.41, 5.74) is 1.64. The molecular weight excluding hydrogens is 404 g/mol. The fourth-order valence-corrected chi connectivity index (χ4v) is 2.58. The Kier molecular flexibility index (Phi) is 12.0. The van der Waals surface area contributed by atoms with Crippen molar-refractivity contribution in [3.63, 3.8) is 0 Å². The molecule has 1 aromatic carbocycles. The van der Waals surface area contributed by atoms with E-state index >= 15 is 0 Å². The number of hydrogen-bond acceptors (Lipinski definition) is 7. The lowest BCUT2D eigenvalue weighted by atomic mass is 10.2. The zero-order valence-corrected chi connectivity index (χ0v) is 16.5. The van der Waals surface area contributed by atoms with Gasteiger partial charge in [0.2, 0.25) is 0 Å². The number of hydrogen-bond donors (Lipinski definition) is 3. The quantitative estimate of drug-likeness (QED) is 0.254. The fraction of sp³-hybridized carbons (Fsp3) is 0.412. The summed E-state index contributed by atoms with van der Waals surface area (Å²) in [5, 5.41) is 33.0. The van der Waals surface area contributed by atoms with Crippen molar-refractivity contribution in [3.8, 4) is 0 Å². The Morgan fingerprint density at radius 3 is 2.52 bits per heavy atom. The highest BCUT2D eigenvalue weighted by Crippen LogP contribution is 2.22. The number of thioether (sulfide) groups is 1. The van der Waals surface area contributed by atoms with Crippen LogP contribution in [0.4, 0.5) is 11.4 Å². The summed E-state index contributed by atoms with van der Waals surface area (Å²) in [6.45, 7) is 5.80. The number of anilines is 1. The van der Waals surface area contributed by atoms with Crippen molar-refractivity contribution in [2.45, 2.75) is 6.42 Å². The summed E-state index contributed by atoms with van der Waals surface area (Å²) >= 11 is 4.78. The van der Waals surface area contributed by atoms with Gasteiger partial charge in [-0.1, -0.05) is 34.3 Å². The molecule has 0 heterocycles. The van der Waals surface area contributed by atoms with E-state index in [9.17, 15) is 0 Å². The van der Waals surface area contributed by atoms with Crippen molar-refractivity contribution < 1.29 is 10.2 Å². The van der Waals surface area contributed by atoms with Gasteiger partial charge in [0.25, 0.3) is 0 Å². The van der Waals surface area contributed by atoms with E-state index < -0.39 is 0 Å². The highest BCUT2D eigenvalue weighted by atomic mass is 79.9. The Balaban J connectivity index is 2.47. The lowest BCUT2D eigenvalue weighted by Crippen LogP contribution is -2.29. The highest BCUT2D eigenvalue weighted by molar-refractivity contribution is 9.09. The second-order valence-electron chi connectivity index (χ2n) is 4.96. The molecule has 0 aliphatic heterocycles. The van der Waals surface area contributed by atoms with Gasteiger partial charge in [-0.25, -0.2) is 0 Å². The molecular formula is C17H25BrN4O2S. The fourth-order valence-electron chi connectivity index (χ4n) is 1.89. The van der Waals surface area contributed by atoms with Crippen molar-refractivity contribution in [2.75, 3.05) is 43.1 Å². The number of azo groups is 1. The third kappa shape index (κ3) is 9.64. The van der Waals surface area contributed by atoms with Gasteiger partial charge in [-0.2, -0.15) is 5.11 Å². The maximum absolute atomic E-state index is 9.07. The van der Waals surface area contributed by atoms with Crippen molar-refractivity contribution in [2.24, 2.45) is 10.2 Å². The molecule has 8 heteroatoms. The van der Waals surface area contributed by atoms with Crippen molar-refractivity contribution in [1.29, 1.82) is 0 Å². The van der Waals surface area contributed by atoms with Crippen LogP contribution in [0.2, 0.25) is 0 Å². The maximum atomic E-state index is 9.07. The van der Waals surface area contributed by atoms with Gasteiger partial charge in [-0.3, -0.25) is 0 Å². The first kappa shape index (κ1) is 21.7. The van der Waals surface area contributed by atoms with Crippen molar-refractivity contribution >= 4 is 39.1 Å². The largest absolute Gasteiger partial charge is 0.395 e. The molecule has 0 aromatic heterocycles. The Morgan fingerprint density at radius 2 is 1.92 bits per heavy atom. The average molecular weight is 429 g/mol. The topological polar surface area (TPSA) is 80.5 Å². The molecule has 0 fully saturated rings. The number of nitrogens with zero attached hydrogens (tertiary/aromatic N) is 3. The summed E-state index contributed by atoms with van der Waals surface area (Å²) in [5.74, 6) is 0. The zero-order chi connectivity index (χ0) is 18.3. The van der Waals surface area contributed by atoms with E-state index in [2.05, 4.69) is 38.1 Å². The molecule has 0 aliphatic rings. The summed E-state index contributed by atoms with van der Waals surface area (Å²) in [7, 11) is 0. The van der Waals surface area contributed by atoms with Gasteiger partial charge < -0.3 is 20.4 Å². The van der Waals surface area contributed by atoms with Crippen LogP contribution >= 0.6 is 27.7 Å². The molecule has 0 unspecified atom stereocenters. The van der Waals surface area contributed by atoms with Crippen LogP contribution in [0.3, 0.4) is 0 Å². The van der Waals surface area contributed by atoms with Crippen molar-refractivity contribution in [1.82, 2.24) is 5.32 Å². The Hall–Kier alpha value is -1.35. The summed E-state index contributed by atoms with van der Waals surface area (Å²) in [6, 6.07) is 7.47. The third-order valence-corrected chi connectivity index (χ3v) is 4.26. The maximum Gasteiger partial charge on any atom is 0.116 e. The minimum absolute atomic E-state index is 0.0387. The van der Waals surface area contributed by atoms with Crippen molar-refractivity contribution in [3.05, 3.63) is 47.5 Å². The monoisotopic (exact) mass is 428 g/mol. The number of rotatable bonds is 13. The number of alkyl halides is 1. The number of nitrogens with one attached hydrogen (secondary N) is 1. The molecule has 0 saturated carbocycles. The van der Waals surface area contributed by atoms with Crippen LogP contribution < -0.4 is 10.2 Å². The average Bonchev–Trinajstić information content (AvgIpc) is 2.63. The molecule has 0 radical (unpaired) electrons. The van der Waals surface area contributed by atoms with Gasteiger partial charge in [0, 0.05) is 36.9 Å². The van der Waals surface area contributed by atoms with Crippen LogP contribution in [-0.4, -0.2) is 48.4 Å². The van der Waals surface area contributed by atoms with Crippen LogP contribution in [0.25, 0.3) is 0 Å². The molecule has 138 valence electrons. The number of aliphatic hydroxyl groups is 2. The minimum Gasteiger partial charge on any atom is -0.395 e. The molecule has 25 heavy (non-hydrogen) atoms. The third-order valence-electron chi connectivity index (χ3n) is 3.08. The molecule has 0 aliphatic carbocycles. The Morgan fingerprint density at radius 1 is 1.24 bits per heavy atom. The van der Waals surface area contributed by atoms with Gasteiger partial charge in [0.1, 0.15) is 5.03 Å². The van der Waals surface area contributed by atoms with E-state index in [4.69, 9.17) is 10.2 Å².